The Bertz CT molecular complexity index is 2150. The molecule has 234 valence electrons. The SMILES string of the molecule is C=CC(=O)N1CCn2nc(-c3nc(-c4ccc5cn(C)nc5c4)c4ccsc4c3-c3c(F)cc(F)cc3OCCOC)cc2[C@H]1C. The highest BCUT2D eigenvalue weighted by Crippen LogP contribution is 2.47. The number of carbonyl (C=O) groups is 1. The average molecular weight is 641 g/mol. The van der Waals surface area contributed by atoms with Gasteiger partial charge in [0.1, 0.15) is 35.4 Å². The van der Waals surface area contributed by atoms with Crippen LogP contribution >= 0.6 is 11.3 Å². The zero-order chi connectivity index (χ0) is 32.1. The number of methoxy groups -OCH3 is 1. The van der Waals surface area contributed by atoms with Crippen molar-refractivity contribution < 1.29 is 23.0 Å². The van der Waals surface area contributed by atoms with Crippen molar-refractivity contribution in [3.8, 4) is 39.5 Å². The van der Waals surface area contributed by atoms with E-state index >= 15 is 4.39 Å². The molecule has 1 atom stereocenters. The molecule has 1 amide bonds. The zero-order valence-electron chi connectivity index (χ0n) is 25.5. The van der Waals surface area contributed by atoms with Crippen LogP contribution in [0.15, 0.2) is 66.7 Å². The van der Waals surface area contributed by atoms with Gasteiger partial charge in [0, 0.05) is 65.6 Å². The Kier molecular flexibility index (Phi) is 7.61. The third kappa shape index (κ3) is 5.03. The van der Waals surface area contributed by atoms with E-state index in [0.717, 1.165) is 38.3 Å². The van der Waals surface area contributed by atoms with E-state index in [4.69, 9.17) is 19.6 Å². The fraction of sp³-hybridized carbons (Fsp3) is 0.235. The van der Waals surface area contributed by atoms with Gasteiger partial charge in [-0.15, -0.1) is 11.3 Å². The summed E-state index contributed by atoms with van der Waals surface area (Å²) in [6, 6.07) is 11.5. The third-order valence-electron chi connectivity index (χ3n) is 8.28. The molecule has 0 spiro atoms. The second kappa shape index (κ2) is 11.8. The highest BCUT2D eigenvalue weighted by molar-refractivity contribution is 7.18. The molecule has 0 saturated heterocycles. The van der Waals surface area contributed by atoms with Crippen molar-refractivity contribution in [3.05, 3.63) is 84.0 Å². The van der Waals surface area contributed by atoms with Crippen LogP contribution < -0.4 is 4.74 Å². The monoisotopic (exact) mass is 640 g/mol. The Morgan fingerprint density at radius 1 is 1.09 bits per heavy atom. The van der Waals surface area contributed by atoms with Crippen LogP contribution in [-0.4, -0.2) is 62.2 Å². The summed E-state index contributed by atoms with van der Waals surface area (Å²) in [7, 11) is 3.40. The molecule has 46 heavy (non-hydrogen) atoms. The van der Waals surface area contributed by atoms with E-state index in [9.17, 15) is 9.18 Å². The molecule has 2 aromatic carbocycles. The van der Waals surface area contributed by atoms with Crippen molar-refractivity contribution in [1.29, 1.82) is 0 Å². The van der Waals surface area contributed by atoms with E-state index in [1.165, 1.54) is 30.6 Å². The van der Waals surface area contributed by atoms with Crippen LogP contribution in [0.3, 0.4) is 0 Å². The van der Waals surface area contributed by atoms with E-state index in [1.54, 1.807) is 9.58 Å². The van der Waals surface area contributed by atoms with Crippen LogP contribution in [0.1, 0.15) is 18.7 Å². The molecule has 7 rings (SSSR count). The van der Waals surface area contributed by atoms with Crippen molar-refractivity contribution in [2.24, 2.45) is 7.05 Å². The number of hydrogen-bond donors (Lipinski definition) is 0. The van der Waals surface area contributed by atoms with E-state index in [1.807, 2.05) is 60.6 Å². The van der Waals surface area contributed by atoms with Crippen molar-refractivity contribution in [2.75, 3.05) is 26.9 Å². The minimum Gasteiger partial charge on any atom is -0.490 e. The van der Waals surface area contributed by atoms with Crippen LogP contribution in [0.5, 0.6) is 5.75 Å². The van der Waals surface area contributed by atoms with Gasteiger partial charge in [-0.3, -0.25) is 14.2 Å². The minimum atomic E-state index is -0.784. The summed E-state index contributed by atoms with van der Waals surface area (Å²) in [6.07, 6.45) is 3.25. The molecule has 1 aliphatic heterocycles. The van der Waals surface area contributed by atoms with Gasteiger partial charge in [-0.2, -0.15) is 10.2 Å². The number of ether oxygens (including phenoxy) is 2. The second-order valence-corrected chi connectivity index (χ2v) is 12.0. The van der Waals surface area contributed by atoms with Gasteiger partial charge in [0.15, 0.2) is 0 Å². The number of hydrogen-bond acceptors (Lipinski definition) is 7. The predicted molar refractivity (Wildman–Crippen MR) is 174 cm³/mol. The maximum Gasteiger partial charge on any atom is 0.246 e. The van der Waals surface area contributed by atoms with E-state index in [2.05, 4.69) is 11.7 Å². The lowest BCUT2D eigenvalue weighted by molar-refractivity contribution is -0.129. The summed E-state index contributed by atoms with van der Waals surface area (Å²) in [4.78, 5) is 19.5. The number of aryl methyl sites for hydroxylation is 1. The van der Waals surface area contributed by atoms with Crippen molar-refractivity contribution >= 4 is 38.2 Å². The van der Waals surface area contributed by atoms with Gasteiger partial charge in [-0.05, 0) is 36.6 Å². The number of fused-ring (bicyclic) bond motifs is 3. The third-order valence-corrected chi connectivity index (χ3v) is 9.21. The van der Waals surface area contributed by atoms with Gasteiger partial charge >= 0.3 is 0 Å². The summed E-state index contributed by atoms with van der Waals surface area (Å²) in [5, 5.41) is 13.2. The number of rotatable bonds is 8. The molecule has 0 radical (unpaired) electrons. The fourth-order valence-corrected chi connectivity index (χ4v) is 7.08. The molecular formula is C34H30F2N6O3S. The Morgan fingerprint density at radius 2 is 1.93 bits per heavy atom. The molecule has 0 saturated carbocycles. The van der Waals surface area contributed by atoms with E-state index < -0.39 is 11.6 Å². The Hall–Kier alpha value is -4.94. The average Bonchev–Trinajstić information content (AvgIpc) is 3.78. The van der Waals surface area contributed by atoms with Gasteiger partial charge in [-0.25, -0.2) is 13.8 Å². The van der Waals surface area contributed by atoms with Gasteiger partial charge in [0.2, 0.25) is 5.91 Å². The van der Waals surface area contributed by atoms with Gasteiger partial charge in [0.05, 0.1) is 41.7 Å². The quantitative estimate of drug-likeness (QED) is 0.135. The number of halogens is 2. The van der Waals surface area contributed by atoms with Crippen LogP contribution in [0.4, 0.5) is 8.78 Å². The maximum absolute atomic E-state index is 16.0. The van der Waals surface area contributed by atoms with Crippen LogP contribution in [-0.2, 0) is 23.1 Å². The highest BCUT2D eigenvalue weighted by Gasteiger charge is 2.31. The summed E-state index contributed by atoms with van der Waals surface area (Å²) in [5.74, 6) is -1.68. The standard InChI is InChI=1S/C34H30F2N6O3S/c1-5-29(43)41-9-10-42-27(19(41)2)17-26(39-42)33-31(30-24(36)15-22(35)16-28(30)45-12-11-44-4)34-23(8-13-46-34)32(37-33)20-6-7-21-18-40(3)38-25(21)14-20/h5-8,13-19H,1,9-12H2,2-4H3/t19-/m1/s1. The molecule has 0 aliphatic carbocycles. The number of amides is 1. The lowest BCUT2D eigenvalue weighted by Gasteiger charge is -2.33. The number of thiophene rings is 1. The molecule has 4 aromatic heterocycles. The Balaban J connectivity index is 1.50. The first-order valence-electron chi connectivity index (χ1n) is 14.7. The van der Waals surface area contributed by atoms with Gasteiger partial charge in [0.25, 0.3) is 0 Å². The number of benzene rings is 2. The van der Waals surface area contributed by atoms with Crippen molar-refractivity contribution in [1.82, 2.24) is 29.4 Å². The van der Waals surface area contributed by atoms with Crippen LogP contribution in [0.2, 0.25) is 0 Å². The largest absolute Gasteiger partial charge is 0.490 e. The van der Waals surface area contributed by atoms with E-state index in [-0.39, 0.29) is 36.5 Å². The van der Waals surface area contributed by atoms with Gasteiger partial charge in [-0.1, -0.05) is 18.7 Å². The Labute approximate surface area is 267 Å². The molecule has 6 aromatic rings. The number of pyridine rings is 1. The van der Waals surface area contributed by atoms with Crippen LogP contribution in [0.25, 0.3) is 54.8 Å². The summed E-state index contributed by atoms with van der Waals surface area (Å²) in [5.41, 5.74) is 4.56. The second-order valence-electron chi connectivity index (χ2n) is 11.1. The summed E-state index contributed by atoms with van der Waals surface area (Å²) < 4.78 is 46.1. The number of carbonyl (C=O) groups excluding carboxylic acids is 1. The molecular weight excluding hydrogens is 610 g/mol. The molecule has 0 N–H and O–H groups in total. The van der Waals surface area contributed by atoms with Crippen molar-refractivity contribution in [2.45, 2.75) is 19.5 Å². The lowest BCUT2D eigenvalue weighted by atomic mass is 9.96. The minimum absolute atomic E-state index is 0.0371. The highest BCUT2D eigenvalue weighted by atomic mass is 32.1. The van der Waals surface area contributed by atoms with Crippen molar-refractivity contribution in [3.63, 3.8) is 0 Å². The Morgan fingerprint density at radius 3 is 2.74 bits per heavy atom. The molecule has 0 bridgehead atoms. The predicted octanol–water partition coefficient (Wildman–Crippen LogP) is 6.77. The number of nitrogens with zero attached hydrogens (tertiary/aromatic N) is 6. The molecule has 1 aliphatic rings. The first-order valence-corrected chi connectivity index (χ1v) is 15.6. The zero-order valence-corrected chi connectivity index (χ0v) is 26.3. The number of aromatic nitrogens is 5. The van der Waals surface area contributed by atoms with E-state index in [0.29, 0.717) is 35.7 Å². The summed E-state index contributed by atoms with van der Waals surface area (Å²) in [6.45, 7) is 6.84. The first-order chi connectivity index (χ1) is 22.3. The fourth-order valence-electron chi connectivity index (χ4n) is 6.13. The molecule has 0 fully saturated rings. The normalized spacial score (nSPS) is 14.6. The van der Waals surface area contributed by atoms with Crippen LogP contribution in [0, 0.1) is 11.6 Å². The lowest BCUT2D eigenvalue weighted by Crippen LogP contribution is -2.40. The molecule has 9 nitrogen and oxygen atoms in total. The maximum atomic E-state index is 16.0. The smallest absolute Gasteiger partial charge is 0.246 e. The molecule has 5 heterocycles. The first kappa shape index (κ1) is 29.8. The molecule has 0 unspecified atom stereocenters. The topological polar surface area (TPSA) is 87.3 Å². The molecule has 12 heteroatoms. The summed E-state index contributed by atoms with van der Waals surface area (Å²) >= 11 is 1.43. The van der Waals surface area contributed by atoms with Gasteiger partial charge < -0.3 is 14.4 Å².